The maximum Gasteiger partial charge on any atom is 0.225 e. The first kappa shape index (κ1) is 25.5. The quantitative estimate of drug-likeness (QED) is 0.667. The van der Waals surface area contributed by atoms with Crippen molar-refractivity contribution in [3.8, 4) is 0 Å². The zero-order chi connectivity index (χ0) is 18.4. The van der Waals surface area contributed by atoms with Crippen LogP contribution < -0.4 is 11.1 Å². The SMILES string of the molecule is Cl.Cl.NC[C@H]1CCC[C@H]1C(=O)NCCN1CCN(C(=O)C2CCCCC2)CC1. The molecule has 3 N–H and O–H groups in total. The average Bonchev–Trinajstić information content (AvgIpc) is 3.17. The van der Waals surface area contributed by atoms with Crippen LogP contribution in [-0.2, 0) is 9.59 Å². The highest BCUT2D eigenvalue weighted by molar-refractivity contribution is 5.85. The molecule has 0 unspecified atom stereocenters. The molecule has 1 saturated heterocycles. The van der Waals surface area contributed by atoms with Crippen molar-refractivity contribution in [1.29, 1.82) is 0 Å². The first-order valence-corrected chi connectivity index (χ1v) is 10.7. The molecule has 6 nitrogen and oxygen atoms in total. The first-order valence-electron chi connectivity index (χ1n) is 10.7. The van der Waals surface area contributed by atoms with Gasteiger partial charge in [-0.3, -0.25) is 14.5 Å². The van der Waals surface area contributed by atoms with Gasteiger partial charge in [-0.05, 0) is 38.1 Å². The molecule has 0 spiro atoms. The molecule has 2 aliphatic carbocycles. The summed E-state index contributed by atoms with van der Waals surface area (Å²) in [7, 11) is 0. The molecule has 0 aromatic carbocycles. The predicted octanol–water partition coefficient (Wildman–Crippen LogP) is 2.05. The Morgan fingerprint density at radius 3 is 2.21 bits per heavy atom. The van der Waals surface area contributed by atoms with E-state index in [-0.39, 0.29) is 42.6 Å². The fourth-order valence-electron chi connectivity index (χ4n) is 4.93. The Hall–Kier alpha value is -0.560. The van der Waals surface area contributed by atoms with E-state index >= 15 is 0 Å². The summed E-state index contributed by atoms with van der Waals surface area (Å²) in [5.74, 6) is 1.32. The number of halogens is 2. The molecule has 8 heteroatoms. The molecule has 1 aliphatic heterocycles. The third kappa shape index (κ3) is 6.75. The number of carbonyl (C=O) groups excluding carboxylic acids is 2. The molecule has 0 aromatic heterocycles. The Bertz CT molecular complexity index is 481. The van der Waals surface area contributed by atoms with Crippen molar-refractivity contribution in [2.24, 2.45) is 23.5 Å². The van der Waals surface area contributed by atoms with Crippen molar-refractivity contribution in [3.63, 3.8) is 0 Å². The van der Waals surface area contributed by atoms with Gasteiger partial charge in [0.05, 0.1) is 0 Å². The number of carbonyl (C=O) groups is 2. The van der Waals surface area contributed by atoms with E-state index in [0.29, 0.717) is 24.9 Å². The van der Waals surface area contributed by atoms with Gasteiger partial charge in [-0.2, -0.15) is 0 Å². The van der Waals surface area contributed by atoms with Crippen LogP contribution >= 0.6 is 24.8 Å². The summed E-state index contributed by atoms with van der Waals surface area (Å²) in [4.78, 5) is 29.4. The number of nitrogens with two attached hydrogens (primary N) is 1. The average molecular weight is 437 g/mol. The summed E-state index contributed by atoms with van der Waals surface area (Å²) < 4.78 is 0. The van der Waals surface area contributed by atoms with E-state index in [1.54, 1.807) is 0 Å². The van der Waals surface area contributed by atoms with Gasteiger partial charge in [0.25, 0.3) is 0 Å². The van der Waals surface area contributed by atoms with Gasteiger partial charge in [0.1, 0.15) is 0 Å². The smallest absolute Gasteiger partial charge is 0.225 e. The van der Waals surface area contributed by atoms with E-state index in [2.05, 4.69) is 15.1 Å². The zero-order valence-electron chi connectivity index (χ0n) is 16.9. The normalized spacial score (nSPS) is 26.2. The number of nitrogens with one attached hydrogen (secondary N) is 1. The second-order valence-electron chi connectivity index (χ2n) is 8.33. The summed E-state index contributed by atoms with van der Waals surface area (Å²) in [6.45, 7) is 5.70. The summed E-state index contributed by atoms with van der Waals surface area (Å²) in [5, 5.41) is 3.11. The highest BCUT2D eigenvalue weighted by Gasteiger charge is 2.32. The molecule has 0 aromatic rings. The minimum absolute atomic E-state index is 0. The summed E-state index contributed by atoms with van der Waals surface area (Å²) in [6, 6.07) is 0. The minimum atomic E-state index is 0. The van der Waals surface area contributed by atoms with Gasteiger partial charge in [-0.25, -0.2) is 0 Å². The van der Waals surface area contributed by atoms with Gasteiger partial charge in [0.2, 0.25) is 11.8 Å². The third-order valence-corrected chi connectivity index (χ3v) is 6.66. The molecular formula is C20H38Cl2N4O2. The predicted molar refractivity (Wildman–Crippen MR) is 117 cm³/mol. The molecule has 0 radical (unpaired) electrons. The molecule has 3 fully saturated rings. The number of piperazine rings is 1. The van der Waals surface area contributed by atoms with Crippen LogP contribution in [0.4, 0.5) is 0 Å². The van der Waals surface area contributed by atoms with Crippen LogP contribution in [0.25, 0.3) is 0 Å². The molecule has 164 valence electrons. The topological polar surface area (TPSA) is 78.7 Å². The number of amides is 2. The molecule has 28 heavy (non-hydrogen) atoms. The molecule has 3 aliphatic rings. The first-order chi connectivity index (χ1) is 12.7. The van der Waals surface area contributed by atoms with Crippen molar-refractivity contribution in [2.45, 2.75) is 51.4 Å². The van der Waals surface area contributed by atoms with E-state index in [0.717, 1.165) is 64.8 Å². The second-order valence-corrected chi connectivity index (χ2v) is 8.33. The molecule has 2 saturated carbocycles. The number of nitrogens with zero attached hydrogens (tertiary/aromatic N) is 2. The largest absolute Gasteiger partial charge is 0.355 e. The Morgan fingerprint density at radius 1 is 0.893 bits per heavy atom. The third-order valence-electron chi connectivity index (χ3n) is 6.66. The van der Waals surface area contributed by atoms with E-state index in [4.69, 9.17) is 5.73 Å². The highest BCUT2D eigenvalue weighted by Crippen LogP contribution is 2.30. The zero-order valence-corrected chi connectivity index (χ0v) is 18.6. The van der Waals surface area contributed by atoms with Crippen LogP contribution in [0.5, 0.6) is 0 Å². The Kier molecular flexibility index (Phi) is 11.7. The van der Waals surface area contributed by atoms with E-state index in [1.807, 2.05) is 0 Å². The summed E-state index contributed by atoms with van der Waals surface area (Å²) in [5.41, 5.74) is 5.78. The lowest BCUT2D eigenvalue weighted by Crippen LogP contribution is -2.52. The van der Waals surface area contributed by atoms with Gasteiger partial charge in [0.15, 0.2) is 0 Å². The fourth-order valence-corrected chi connectivity index (χ4v) is 4.93. The van der Waals surface area contributed by atoms with Crippen molar-refractivity contribution in [1.82, 2.24) is 15.1 Å². The minimum Gasteiger partial charge on any atom is -0.355 e. The van der Waals surface area contributed by atoms with Crippen molar-refractivity contribution >= 4 is 36.6 Å². The van der Waals surface area contributed by atoms with Gasteiger partial charge in [-0.1, -0.05) is 25.7 Å². The maximum atomic E-state index is 12.6. The lowest BCUT2D eigenvalue weighted by atomic mass is 9.88. The monoisotopic (exact) mass is 436 g/mol. The standard InChI is InChI=1S/C20H36N4O2.2ClH/c21-15-17-7-4-8-18(17)19(25)22-9-10-23-11-13-24(14-12-23)20(26)16-5-2-1-3-6-16;;/h16-18H,1-15,21H2,(H,22,25);2*1H/t17-,18-;;/m1../s1. The number of hydrogen-bond acceptors (Lipinski definition) is 4. The number of rotatable bonds is 6. The van der Waals surface area contributed by atoms with Crippen molar-refractivity contribution in [2.75, 3.05) is 45.8 Å². The van der Waals surface area contributed by atoms with E-state index < -0.39 is 0 Å². The fraction of sp³-hybridized carbons (Fsp3) is 0.900. The second kappa shape index (κ2) is 12.9. The van der Waals surface area contributed by atoms with Gasteiger partial charge in [0, 0.05) is 51.1 Å². The van der Waals surface area contributed by atoms with E-state index in [9.17, 15) is 9.59 Å². The highest BCUT2D eigenvalue weighted by atomic mass is 35.5. The Labute approximate surface area is 182 Å². The van der Waals surface area contributed by atoms with Crippen LogP contribution in [0.15, 0.2) is 0 Å². The van der Waals surface area contributed by atoms with Crippen LogP contribution in [0.1, 0.15) is 51.4 Å². The molecule has 2 atom stereocenters. The van der Waals surface area contributed by atoms with Crippen LogP contribution in [0.3, 0.4) is 0 Å². The van der Waals surface area contributed by atoms with Crippen LogP contribution in [0, 0.1) is 17.8 Å². The van der Waals surface area contributed by atoms with E-state index in [1.165, 1.54) is 19.3 Å². The van der Waals surface area contributed by atoms with Gasteiger partial charge < -0.3 is 16.0 Å². The Morgan fingerprint density at radius 2 is 1.57 bits per heavy atom. The number of hydrogen-bond donors (Lipinski definition) is 2. The van der Waals surface area contributed by atoms with Gasteiger partial charge in [-0.15, -0.1) is 24.8 Å². The molecule has 3 rings (SSSR count). The molecule has 2 amide bonds. The van der Waals surface area contributed by atoms with Crippen molar-refractivity contribution < 1.29 is 9.59 Å². The van der Waals surface area contributed by atoms with Crippen molar-refractivity contribution in [3.05, 3.63) is 0 Å². The summed E-state index contributed by atoms with van der Waals surface area (Å²) in [6.07, 6.45) is 9.06. The Balaban J connectivity index is 0.00000196. The molecule has 0 bridgehead atoms. The molecule has 1 heterocycles. The maximum absolute atomic E-state index is 12.6. The lowest BCUT2D eigenvalue weighted by molar-refractivity contribution is -0.138. The molecular weight excluding hydrogens is 399 g/mol. The lowest BCUT2D eigenvalue weighted by Gasteiger charge is -2.37. The van der Waals surface area contributed by atoms with Crippen LogP contribution in [0.2, 0.25) is 0 Å². The summed E-state index contributed by atoms with van der Waals surface area (Å²) >= 11 is 0. The van der Waals surface area contributed by atoms with Gasteiger partial charge >= 0.3 is 0 Å². The van der Waals surface area contributed by atoms with Crippen LogP contribution in [-0.4, -0.2) is 67.4 Å².